The number of hydrogen-bond donors (Lipinski definition) is 1. The van der Waals surface area contributed by atoms with Crippen molar-refractivity contribution in [3.8, 4) is 5.69 Å². The summed E-state index contributed by atoms with van der Waals surface area (Å²) in [6.07, 6.45) is 0.753. The highest BCUT2D eigenvalue weighted by molar-refractivity contribution is 7.71. The Hall–Kier alpha value is -2.78. The lowest BCUT2D eigenvalue weighted by Gasteiger charge is -2.17. The molecular formula is C22H31N7OS. The summed E-state index contributed by atoms with van der Waals surface area (Å²) in [5, 5.41) is 9.44. The van der Waals surface area contributed by atoms with E-state index in [4.69, 9.17) is 23.1 Å². The van der Waals surface area contributed by atoms with Crippen LogP contribution < -0.4 is 5.73 Å². The van der Waals surface area contributed by atoms with Crippen LogP contribution in [0.3, 0.4) is 0 Å². The molecule has 166 valence electrons. The van der Waals surface area contributed by atoms with Crippen molar-refractivity contribution in [1.82, 2.24) is 29.0 Å². The standard InChI is InChI=1S/C22H31N7OS/c1-6-27-21(12-11-20(23)30)25-28(22(27)31)14-26(5)13-18-16(3)24-29(17(18)4)19-10-8-7-9-15(19)2/h7-10H,6,11-14H2,1-5H3,(H2,23,30). The molecule has 2 heterocycles. The number of carbonyl (C=O) groups excluding carboxylic acids is 1. The highest BCUT2D eigenvalue weighted by Gasteiger charge is 2.17. The number of para-hydroxylation sites is 1. The van der Waals surface area contributed by atoms with Crippen molar-refractivity contribution < 1.29 is 4.79 Å². The van der Waals surface area contributed by atoms with Gasteiger partial charge in [0.1, 0.15) is 5.82 Å². The smallest absolute Gasteiger partial charge is 0.217 e. The molecule has 0 saturated carbocycles. The number of aryl methyl sites for hydroxylation is 3. The van der Waals surface area contributed by atoms with E-state index in [9.17, 15) is 4.79 Å². The first-order valence-electron chi connectivity index (χ1n) is 10.5. The predicted molar refractivity (Wildman–Crippen MR) is 123 cm³/mol. The number of carbonyl (C=O) groups is 1. The molecule has 3 aromatic rings. The zero-order valence-electron chi connectivity index (χ0n) is 18.9. The summed E-state index contributed by atoms with van der Waals surface area (Å²) >= 11 is 5.61. The highest BCUT2D eigenvalue weighted by Crippen LogP contribution is 2.21. The van der Waals surface area contributed by atoms with E-state index in [0.717, 1.165) is 29.4 Å². The number of rotatable bonds is 9. The monoisotopic (exact) mass is 441 g/mol. The van der Waals surface area contributed by atoms with E-state index >= 15 is 0 Å². The van der Waals surface area contributed by atoms with Crippen LogP contribution in [0.5, 0.6) is 0 Å². The third-order valence-corrected chi connectivity index (χ3v) is 5.93. The molecule has 0 fully saturated rings. The first kappa shape index (κ1) is 22.9. The van der Waals surface area contributed by atoms with E-state index < -0.39 is 0 Å². The molecule has 9 heteroatoms. The van der Waals surface area contributed by atoms with Gasteiger partial charge in [-0.15, -0.1) is 0 Å². The summed E-state index contributed by atoms with van der Waals surface area (Å²) in [5.41, 5.74) is 10.9. The van der Waals surface area contributed by atoms with E-state index in [-0.39, 0.29) is 12.3 Å². The number of primary amides is 1. The largest absolute Gasteiger partial charge is 0.370 e. The van der Waals surface area contributed by atoms with Crippen LogP contribution in [0.25, 0.3) is 5.69 Å². The second-order valence-electron chi connectivity index (χ2n) is 7.91. The fraction of sp³-hybridized carbons (Fsp3) is 0.455. The maximum atomic E-state index is 11.2. The molecule has 0 aliphatic rings. The van der Waals surface area contributed by atoms with Crippen molar-refractivity contribution >= 4 is 18.1 Å². The van der Waals surface area contributed by atoms with Crippen LogP contribution in [0.4, 0.5) is 0 Å². The van der Waals surface area contributed by atoms with E-state index in [1.807, 2.05) is 47.0 Å². The molecule has 8 nitrogen and oxygen atoms in total. The van der Waals surface area contributed by atoms with Gasteiger partial charge in [-0.2, -0.15) is 10.2 Å². The van der Waals surface area contributed by atoms with Crippen LogP contribution in [0.15, 0.2) is 24.3 Å². The maximum absolute atomic E-state index is 11.2. The van der Waals surface area contributed by atoms with E-state index in [0.29, 0.717) is 24.4 Å². The first-order chi connectivity index (χ1) is 14.7. The van der Waals surface area contributed by atoms with E-state index in [1.165, 1.54) is 11.1 Å². The number of amides is 1. The Morgan fingerprint density at radius 1 is 1.19 bits per heavy atom. The molecule has 0 aliphatic heterocycles. The van der Waals surface area contributed by atoms with Crippen molar-refractivity contribution in [2.75, 3.05) is 7.05 Å². The van der Waals surface area contributed by atoms with Gasteiger partial charge in [0.15, 0.2) is 4.77 Å². The summed E-state index contributed by atoms with van der Waals surface area (Å²) in [5.74, 6) is 0.455. The lowest BCUT2D eigenvalue weighted by atomic mass is 10.1. The summed E-state index contributed by atoms with van der Waals surface area (Å²) in [6.45, 7) is 10.2. The van der Waals surface area contributed by atoms with Crippen molar-refractivity contribution in [1.29, 1.82) is 0 Å². The van der Waals surface area contributed by atoms with Crippen molar-refractivity contribution in [2.24, 2.45) is 5.73 Å². The van der Waals surface area contributed by atoms with Gasteiger partial charge in [-0.1, -0.05) is 18.2 Å². The lowest BCUT2D eigenvalue weighted by molar-refractivity contribution is -0.118. The zero-order chi connectivity index (χ0) is 22.7. The van der Waals surface area contributed by atoms with Gasteiger partial charge in [-0.25, -0.2) is 9.36 Å². The Balaban J connectivity index is 1.80. The van der Waals surface area contributed by atoms with Crippen LogP contribution in [0.1, 0.15) is 41.7 Å². The van der Waals surface area contributed by atoms with Gasteiger partial charge in [0.25, 0.3) is 0 Å². The highest BCUT2D eigenvalue weighted by atomic mass is 32.1. The Morgan fingerprint density at radius 2 is 1.90 bits per heavy atom. The molecule has 3 rings (SSSR count). The van der Waals surface area contributed by atoms with Crippen LogP contribution in [-0.2, 0) is 31.0 Å². The number of hydrogen-bond acceptors (Lipinski definition) is 5. The third kappa shape index (κ3) is 4.94. The minimum atomic E-state index is -0.336. The molecule has 0 atom stereocenters. The van der Waals surface area contributed by atoms with Crippen molar-refractivity contribution in [3.63, 3.8) is 0 Å². The topological polar surface area (TPSA) is 86.9 Å². The van der Waals surface area contributed by atoms with Crippen LogP contribution in [0, 0.1) is 25.5 Å². The van der Waals surface area contributed by atoms with Crippen LogP contribution >= 0.6 is 12.2 Å². The molecule has 2 aromatic heterocycles. The Bertz CT molecular complexity index is 1140. The number of nitrogens with two attached hydrogens (primary N) is 1. The Kier molecular flexibility index (Phi) is 7.07. The van der Waals surface area contributed by atoms with Gasteiger partial charge in [-0.05, 0) is 58.6 Å². The molecule has 31 heavy (non-hydrogen) atoms. The Labute approximate surface area is 188 Å². The van der Waals surface area contributed by atoms with Gasteiger partial charge in [0.2, 0.25) is 5.91 Å². The quantitative estimate of drug-likeness (QED) is 0.516. The van der Waals surface area contributed by atoms with Gasteiger partial charge < -0.3 is 10.3 Å². The molecule has 0 radical (unpaired) electrons. The second kappa shape index (κ2) is 9.57. The second-order valence-corrected chi connectivity index (χ2v) is 8.28. The molecule has 0 saturated heterocycles. The molecular weight excluding hydrogens is 410 g/mol. The van der Waals surface area contributed by atoms with Gasteiger partial charge >= 0.3 is 0 Å². The average molecular weight is 442 g/mol. The average Bonchev–Trinajstić information content (AvgIpc) is 3.17. The maximum Gasteiger partial charge on any atom is 0.217 e. The summed E-state index contributed by atoms with van der Waals surface area (Å²) in [6, 6.07) is 8.26. The van der Waals surface area contributed by atoms with E-state index in [1.54, 1.807) is 0 Å². The van der Waals surface area contributed by atoms with Gasteiger partial charge in [-0.3, -0.25) is 9.69 Å². The van der Waals surface area contributed by atoms with Crippen LogP contribution in [0.2, 0.25) is 0 Å². The van der Waals surface area contributed by atoms with Gasteiger partial charge in [0, 0.05) is 37.2 Å². The number of aromatic nitrogens is 5. The van der Waals surface area contributed by atoms with Crippen molar-refractivity contribution in [2.45, 2.75) is 60.3 Å². The minimum absolute atomic E-state index is 0.262. The zero-order valence-corrected chi connectivity index (χ0v) is 19.7. The number of benzene rings is 1. The predicted octanol–water partition coefficient (Wildman–Crippen LogP) is 3.05. The third-order valence-electron chi connectivity index (χ3n) is 5.50. The summed E-state index contributed by atoms with van der Waals surface area (Å²) in [4.78, 5) is 13.3. The Morgan fingerprint density at radius 3 is 2.55 bits per heavy atom. The number of nitrogens with zero attached hydrogens (tertiary/aromatic N) is 6. The molecule has 1 aromatic carbocycles. The first-order valence-corrected chi connectivity index (χ1v) is 10.9. The molecule has 0 bridgehead atoms. The fourth-order valence-electron chi connectivity index (χ4n) is 3.80. The molecule has 0 unspecified atom stereocenters. The summed E-state index contributed by atoms with van der Waals surface area (Å²) < 4.78 is 6.44. The molecule has 1 amide bonds. The summed E-state index contributed by atoms with van der Waals surface area (Å²) in [7, 11) is 2.04. The lowest BCUT2D eigenvalue weighted by Crippen LogP contribution is -2.23. The van der Waals surface area contributed by atoms with Crippen molar-refractivity contribution in [3.05, 3.63) is 57.4 Å². The van der Waals surface area contributed by atoms with Gasteiger partial charge in [0.05, 0.1) is 18.1 Å². The fourth-order valence-corrected chi connectivity index (χ4v) is 4.14. The molecule has 2 N–H and O–H groups in total. The molecule has 0 spiro atoms. The SMILES string of the molecule is CCn1c(CCC(N)=O)nn(CN(C)Cc2c(C)nn(-c3ccccc3C)c2C)c1=S. The molecule has 0 aliphatic carbocycles. The van der Waals surface area contributed by atoms with Crippen LogP contribution in [-0.4, -0.2) is 42.0 Å². The van der Waals surface area contributed by atoms with E-state index in [2.05, 4.69) is 36.0 Å². The normalized spacial score (nSPS) is 11.4. The minimum Gasteiger partial charge on any atom is -0.370 e.